The van der Waals surface area contributed by atoms with Crippen LogP contribution in [0, 0.1) is 16.7 Å². The maximum Gasteiger partial charge on any atom is 0.238 e. The van der Waals surface area contributed by atoms with E-state index in [1.807, 2.05) is 25.1 Å². The number of Topliss-reactive ketones (excluding diaryl/α,β-unsaturated/α-hetero) is 1. The van der Waals surface area contributed by atoms with E-state index in [4.69, 9.17) is 16.3 Å². The Hall–Kier alpha value is -2.92. The summed E-state index contributed by atoms with van der Waals surface area (Å²) in [6.45, 7) is 8.32. The van der Waals surface area contributed by atoms with E-state index in [0.29, 0.717) is 33.3 Å². The van der Waals surface area contributed by atoms with E-state index in [0.717, 1.165) is 30.4 Å². The smallest absolute Gasteiger partial charge is 0.238 e. The number of aliphatic hydroxyl groups excluding tert-OH is 1. The molecule has 0 spiro atoms. The molecule has 170 valence electrons. The lowest BCUT2D eigenvalue weighted by Gasteiger charge is -2.45. The number of allylic oxidation sites excluding steroid dienone is 2. The van der Waals surface area contributed by atoms with Crippen molar-refractivity contribution in [3.8, 4) is 11.6 Å². The van der Waals surface area contributed by atoms with Crippen molar-refractivity contribution in [1.82, 2.24) is 9.97 Å². The number of halogens is 1. The quantitative estimate of drug-likeness (QED) is 0.455. The third-order valence-electron chi connectivity index (χ3n) is 7.98. The van der Waals surface area contributed by atoms with Crippen LogP contribution in [0.15, 0.2) is 48.4 Å². The van der Waals surface area contributed by atoms with Gasteiger partial charge in [-0.05, 0) is 66.1 Å². The SMILES string of the molecule is CCc1ccc(Oc2cnc3cc(Cl)ccc3n2)cc1C1=C(O)[C@@]2(C)CC[C@H](C1=O)C2(C)C. The standard InChI is InChI=1S/C27H27ClN2O3/c1-5-15-6-8-17(33-22-14-29-21-12-16(28)7-9-20(21)30-22)13-18(15)23-24(31)19-10-11-27(4,25(23)32)26(19,2)3/h6-9,12-14,19,32H,5,10-11H2,1-4H3/t19-,27-/m1/s1. The monoisotopic (exact) mass is 462 g/mol. The minimum Gasteiger partial charge on any atom is -0.511 e. The van der Waals surface area contributed by atoms with E-state index in [1.54, 1.807) is 24.4 Å². The van der Waals surface area contributed by atoms with E-state index in [2.05, 4.69) is 30.7 Å². The van der Waals surface area contributed by atoms with Gasteiger partial charge in [-0.25, -0.2) is 9.97 Å². The van der Waals surface area contributed by atoms with E-state index in [9.17, 15) is 9.90 Å². The largest absolute Gasteiger partial charge is 0.511 e. The zero-order valence-electron chi connectivity index (χ0n) is 19.3. The molecule has 33 heavy (non-hydrogen) atoms. The van der Waals surface area contributed by atoms with Gasteiger partial charge in [-0.1, -0.05) is 45.4 Å². The molecule has 0 amide bonds. The highest BCUT2D eigenvalue weighted by Gasteiger charge is 2.61. The number of nitrogens with zero attached hydrogens (tertiary/aromatic N) is 2. The average Bonchev–Trinajstić information content (AvgIpc) is 2.97. The van der Waals surface area contributed by atoms with Gasteiger partial charge in [0.2, 0.25) is 5.88 Å². The van der Waals surface area contributed by atoms with Crippen molar-refractivity contribution in [3.05, 3.63) is 64.5 Å². The normalized spacial score (nSPS) is 23.9. The van der Waals surface area contributed by atoms with Gasteiger partial charge in [-0.3, -0.25) is 4.79 Å². The van der Waals surface area contributed by atoms with Gasteiger partial charge >= 0.3 is 0 Å². The molecule has 2 atom stereocenters. The van der Waals surface area contributed by atoms with Crippen molar-refractivity contribution >= 4 is 34.0 Å². The summed E-state index contributed by atoms with van der Waals surface area (Å²) in [7, 11) is 0. The molecule has 1 heterocycles. The maximum absolute atomic E-state index is 13.6. The first kappa shape index (κ1) is 21.9. The van der Waals surface area contributed by atoms with Gasteiger partial charge < -0.3 is 9.84 Å². The average molecular weight is 463 g/mol. The number of ether oxygens (including phenoxy) is 1. The summed E-state index contributed by atoms with van der Waals surface area (Å²) in [5, 5.41) is 12.0. The number of fused-ring (bicyclic) bond motifs is 3. The number of aryl methyl sites for hydroxylation is 1. The van der Waals surface area contributed by atoms with Crippen LogP contribution in [0.4, 0.5) is 0 Å². The number of hydrogen-bond acceptors (Lipinski definition) is 5. The second kappa shape index (κ2) is 7.56. The van der Waals surface area contributed by atoms with Crippen molar-refractivity contribution in [1.29, 1.82) is 0 Å². The molecule has 2 bridgehead atoms. The number of ketones is 1. The molecule has 0 unspecified atom stereocenters. The lowest BCUT2D eigenvalue weighted by Crippen LogP contribution is -2.43. The van der Waals surface area contributed by atoms with Gasteiger partial charge in [0.05, 0.1) is 22.8 Å². The van der Waals surface area contributed by atoms with Crippen LogP contribution in [-0.2, 0) is 11.2 Å². The number of benzene rings is 2. The number of aromatic nitrogens is 2. The summed E-state index contributed by atoms with van der Waals surface area (Å²) in [5.74, 6) is 1.03. The van der Waals surface area contributed by atoms with Gasteiger partial charge in [0.15, 0.2) is 5.78 Å². The lowest BCUT2D eigenvalue weighted by molar-refractivity contribution is -0.122. The van der Waals surface area contributed by atoms with Gasteiger partial charge in [-0.2, -0.15) is 0 Å². The highest BCUT2D eigenvalue weighted by atomic mass is 35.5. The molecule has 6 heteroatoms. The molecule has 3 aromatic rings. The summed E-state index contributed by atoms with van der Waals surface area (Å²) in [4.78, 5) is 22.5. The molecule has 2 aliphatic carbocycles. The molecule has 1 aromatic heterocycles. The van der Waals surface area contributed by atoms with Crippen LogP contribution < -0.4 is 4.74 Å². The number of hydrogen-bond donors (Lipinski definition) is 1. The van der Waals surface area contributed by atoms with Gasteiger partial charge in [0, 0.05) is 16.4 Å². The molecule has 5 rings (SSSR count). The Balaban J connectivity index is 1.57. The van der Waals surface area contributed by atoms with E-state index < -0.39 is 5.41 Å². The fourth-order valence-electron chi connectivity index (χ4n) is 5.51. The van der Waals surface area contributed by atoms with Crippen LogP contribution in [0.3, 0.4) is 0 Å². The van der Waals surface area contributed by atoms with E-state index >= 15 is 0 Å². The van der Waals surface area contributed by atoms with Crippen LogP contribution in [0.5, 0.6) is 11.6 Å². The Morgan fingerprint density at radius 2 is 1.94 bits per heavy atom. The lowest BCUT2D eigenvalue weighted by atomic mass is 9.58. The molecule has 1 saturated carbocycles. The summed E-state index contributed by atoms with van der Waals surface area (Å²) in [6, 6.07) is 11.0. The molecular formula is C27H27ClN2O3. The molecule has 2 aromatic carbocycles. The molecule has 0 saturated heterocycles. The highest BCUT2D eigenvalue weighted by molar-refractivity contribution is 6.31. The zero-order valence-corrected chi connectivity index (χ0v) is 20.0. The predicted molar refractivity (Wildman–Crippen MR) is 130 cm³/mol. The number of carbonyl (C=O) groups excluding carboxylic acids is 1. The third kappa shape index (κ3) is 3.24. The second-order valence-electron chi connectivity index (χ2n) is 9.85. The molecule has 5 nitrogen and oxygen atoms in total. The summed E-state index contributed by atoms with van der Waals surface area (Å²) >= 11 is 6.03. The van der Waals surface area contributed by atoms with Crippen LogP contribution >= 0.6 is 11.6 Å². The maximum atomic E-state index is 13.6. The van der Waals surface area contributed by atoms with E-state index in [-0.39, 0.29) is 22.9 Å². The van der Waals surface area contributed by atoms with Gasteiger partial charge in [-0.15, -0.1) is 0 Å². The Morgan fingerprint density at radius 3 is 2.70 bits per heavy atom. The van der Waals surface area contributed by atoms with Crippen molar-refractivity contribution in [2.45, 2.75) is 47.0 Å². The molecule has 0 aliphatic heterocycles. The van der Waals surface area contributed by atoms with Crippen LogP contribution in [0.2, 0.25) is 5.02 Å². The Labute approximate surface area is 198 Å². The Kier molecular flexibility index (Phi) is 5.02. The number of rotatable bonds is 4. The van der Waals surface area contributed by atoms with Crippen molar-refractivity contribution in [2.24, 2.45) is 16.7 Å². The summed E-state index contributed by atoms with van der Waals surface area (Å²) < 4.78 is 6.03. The minimum absolute atomic E-state index is 0.0294. The van der Waals surface area contributed by atoms with Crippen molar-refractivity contribution < 1.29 is 14.6 Å². The fourth-order valence-corrected chi connectivity index (χ4v) is 5.67. The third-order valence-corrected chi connectivity index (χ3v) is 8.22. The first-order chi connectivity index (χ1) is 15.7. The first-order valence-electron chi connectivity index (χ1n) is 11.4. The number of aliphatic hydroxyl groups is 1. The van der Waals surface area contributed by atoms with Crippen LogP contribution in [0.25, 0.3) is 16.6 Å². The van der Waals surface area contributed by atoms with Gasteiger partial charge in [0.25, 0.3) is 0 Å². The van der Waals surface area contributed by atoms with Crippen molar-refractivity contribution in [3.63, 3.8) is 0 Å². The zero-order chi connectivity index (χ0) is 23.5. The Bertz CT molecular complexity index is 1330. The van der Waals surface area contributed by atoms with Gasteiger partial charge in [0.1, 0.15) is 11.5 Å². The molecule has 1 fully saturated rings. The van der Waals surface area contributed by atoms with Crippen LogP contribution in [0.1, 0.15) is 51.7 Å². The second-order valence-corrected chi connectivity index (χ2v) is 10.3. The molecule has 0 radical (unpaired) electrons. The fraction of sp³-hybridized carbons (Fsp3) is 0.370. The van der Waals surface area contributed by atoms with Crippen LogP contribution in [-0.4, -0.2) is 20.9 Å². The predicted octanol–water partition coefficient (Wildman–Crippen LogP) is 6.93. The summed E-state index contributed by atoms with van der Waals surface area (Å²) in [5.41, 5.74) is 2.85. The van der Waals surface area contributed by atoms with Crippen molar-refractivity contribution in [2.75, 3.05) is 0 Å². The highest BCUT2D eigenvalue weighted by Crippen LogP contribution is 2.64. The van der Waals surface area contributed by atoms with E-state index in [1.165, 1.54) is 0 Å². The molecule has 2 aliphatic rings. The molecular weight excluding hydrogens is 436 g/mol. The Morgan fingerprint density at radius 1 is 1.15 bits per heavy atom. The molecule has 1 N–H and O–H groups in total. The minimum atomic E-state index is -0.423. The first-order valence-corrected chi connectivity index (χ1v) is 11.7. The summed E-state index contributed by atoms with van der Waals surface area (Å²) in [6.07, 6.45) is 3.89. The topological polar surface area (TPSA) is 72.3 Å². The number of carbonyl (C=O) groups is 1.